The summed E-state index contributed by atoms with van der Waals surface area (Å²) in [6.07, 6.45) is 3.82. The maximum atomic E-state index is 10.4. The van der Waals surface area contributed by atoms with Crippen molar-refractivity contribution >= 4 is 11.7 Å². The topological polar surface area (TPSA) is 56.3 Å². The van der Waals surface area contributed by atoms with Crippen LogP contribution in [-0.4, -0.2) is 29.1 Å². The number of carboxylic acid groups (broad SMARTS) is 1. The Morgan fingerprint density at radius 1 is 1.77 bits per heavy atom. The minimum atomic E-state index is -0.769. The van der Waals surface area contributed by atoms with Crippen LogP contribution in [0.2, 0.25) is 0 Å². The molecule has 1 unspecified atom stereocenters. The number of H-pyrrole nitrogens is 1. The van der Waals surface area contributed by atoms with Gasteiger partial charge in [0, 0.05) is 25.5 Å². The van der Waals surface area contributed by atoms with Gasteiger partial charge in [-0.2, -0.15) is 0 Å². The molecule has 0 spiro atoms. The molecule has 0 saturated heterocycles. The molecule has 1 atom stereocenters. The summed E-state index contributed by atoms with van der Waals surface area (Å²) in [4.78, 5) is 15.3. The van der Waals surface area contributed by atoms with Gasteiger partial charge in [0.1, 0.15) is 0 Å². The van der Waals surface area contributed by atoms with Gasteiger partial charge < -0.3 is 15.0 Å². The van der Waals surface area contributed by atoms with Crippen LogP contribution < -0.4 is 4.90 Å². The molecule has 4 heteroatoms. The van der Waals surface area contributed by atoms with Crippen molar-refractivity contribution in [3.05, 3.63) is 18.5 Å². The summed E-state index contributed by atoms with van der Waals surface area (Å²) in [7, 11) is 1.89. The minimum Gasteiger partial charge on any atom is -0.481 e. The Labute approximate surface area is 77.2 Å². The van der Waals surface area contributed by atoms with Crippen molar-refractivity contribution in [3.63, 3.8) is 0 Å². The van der Waals surface area contributed by atoms with Gasteiger partial charge in [-0.05, 0) is 13.0 Å². The normalized spacial score (nSPS) is 12.5. The first kappa shape index (κ1) is 9.64. The van der Waals surface area contributed by atoms with Crippen LogP contribution in [0.4, 0.5) is 5.69 Å². The van der Waals surface area contributed by atoms with E-state index in [0.717, 1.165) is 5.69 Å². The van der Waals surface area contributed by atoms with Gasteiger partial charge in [-0.15, -0.1) is 0 Å². The molecule has 1 heterocycles. The second-order valence-electron chi connectivity index (χ2n) is 3.13. The maximum absolute atomic E-state index is 10.4. The summed E-state index contributed by atoms with van der Waals surface area (Å²) in [5.41, 5.74) is 1.01. The number of carbonyl (C=O) groups is 1. The molecule has 1 aromatic heterocycles. The van der Waals surface area contributed by atoms with E-state index < -0.39 is 5.97 Å². The highest BCUT2D eigenvalue weighted by Gasteiger charge is 2.13. The van der Waals surface area contributed by atoms with Gasteiger partial charge in [0.25, 0.3) is 0 Å². The molecule has 0 radical (unpaired) electrons. The summed E-state index contributed by atoms with van der Waals surface area (Å²) >= 11 is 0. The molecular formula is C9H14N2O2. The average molecular weight is 182 g/mol. The molecular weight excluding hydrogens is 168 g/mol. The third kappa shape index (κ3) is 2.50. The van der Waals surface area contributed by atoms with Crippen LogP contribution in [0.15, 0.2) is 18.5 Å². The first-order chi connectivity index (χ1) is 6.11. The van der Waals surface area contributed by atoms with Gasteiger partial charge in [0.05, 0.1) is 12.1 Å². The number of anilines is 1. The van der Waals surface area contributed by atoms with Crippen molar-refractivity contribution in [2.24, 2.45) is 0 Å². The van der Waals surface area contributed by atoms with E-state index in [-0.39, 0.29) is 12.5 Å². The molecule has 0 fully saturated rings. The van der Waals surface area contributed by atoms with Gasteiger partial charge in [-0.1, -0.05) is 0 Å². The minimum absolute atomic E-state index is 0.00769. The lowest BCUT2D eigenvalue weighted by atomic mass is 10.2. The second kappa shape index (κ2) is 3.98. The zero-order valence-corrected chi connectivity index (χ0v) is 7.82. The summed E-state index contributed by atoms with van der Waals surface area (Å²) in [6.45, 7) is 1.89. The first-order valence-electron chi connectivity index (χ1n) is 4.18. The van der Waals surface area contributed by atoms with Gasteiger partial charge in [0.15, 0.2) is 0 Å². The van der Waals surface area contributed by atoms with E-state index in [9.17, 15) is 4.79 Å². The number of carboxylic acids is 1. The van der Waals surface area contributed by atoms with Crippen LogP contribution in [0.5, 0.6) is 0 Å². The molecule has 72 valence electrons. The van der Waals surface area contributed by atoms with E-state index in [1.54, 1.807) is 0 Å². The highest BCUT2D eigenvalue weighted by atomic mass is 16.4. The Hall–Kier alpha value is -1.45. The quantitative estimate of drug-likeness (QED) is 0.738. The van der Waals surface area contributed by atoms with E-state index in [1.165, 1.54) is 0 Å². The first-order valence-corrected chi connectivity index (χ1v) is 4.18. The molecule has 13 heavy (non-hydrogen) atoms. The zero-order valence-electron chi connectivity index (χ0n) is 7.82. The number of aromatic nitrogens is 1. The molecule has 0 aliphatic carbocycles. The molecule has 2 N–H and O–H groups in total. The van der Waals surface area contributed by atoms with Crippen molar-refractivity contribution in [1.29, 1.82) is 0 Å². The van der Waals surface area contributed by atoms with Crippen LogP contribution in [0, 0.1) is 0 Å². The second-order valence-corrected chi connectivity index (χ2v) is 3.13. The monoisotopic (exact) mass is 182 g/mol. The summed E-state index contributed by atoms with van der Waals surface area (Å²) in [5, 5.41) is 8.60. The van der Waals surface area contributed by atoms with Gasteiger partial charge in [-0.25, -0.2) is 0 Å². The third-order valence-corrected chi connectivity index (χ3v) is 2.12. The van der Waals surface area contributed by atoms with Gasteiger partial charge in [0.2, 0.25) is 0 Å². The number of nitrogens with one attached hydrogen (secondary N) is 1. The molecule has 4 nitrogen and oxygen atoms in total. The molecule has 1 rings (SSSR count). The Balaban J connectivity index is 2.57. The predicted octanol–water partition coefficient (Wildman–Crippen LogP) is 1.31. The number of hydrogen-bond acceptors (Lipinski definition) is 2. The molecule has 0 bridgehead atoms. The van der Waals surface area contributed by atoms with E-state index in [4.69, 9.17) is 5.11 Å². The van der Waals surface area contributed by atoms with Crippen molar-refractivity contribution in [2.45, 2.75) is 19.4 Å². The van der Waals surface area contributed by atoms with Crippen molar-refractivity contribution < 1.29 is 9.90 Å². The van der Waals surface area contributed by atoms with E-state index >= 15 is 0 Å². The fourth-order valence-electron chi connectivity index (χ4n) is 1.18. The number of rotatable bonds is 4. The summed E-state index contributed by atoms with van der Waals surface area (Å²) in [6, 6.07) is 1.92. The van der Waals surface area contributed by atoms with Crippen LogP contribution in [0.3, 0.4) is 0 Å². The fourth-order valence-corrected chi connectivity index (χ4v) is 1.18. The molecule has 0 aliphatic rings. The smallest absolute Gasteiger partial charge is 0.305 e. The van der Waals surface area contributed by atoms with Gasteiger partial charge in [-0.3, -0.25) is 4.79 Å². The standard InChI is InChI=1S/C9H14N2O2/c1-7(5-9(12)13)11(2)8-3-4-10-6-8/h3-4,6-7,10H,5H2,1-2H3,(H,12,13). The zero-order chi connectivity index (χ0) is 9.84. The highest BCUT2D eigenvalue weighted by Crippen LogP contribution is 2.14. The predicted molar refractivity (Wildman–Crippen MR) is 50.9 cm³/mol. The number of nitrogens with zero attached hydrogens (tertiary/aromatic N) is 1. The summed E-state index contributed by atoms with van der Waals surface area (Å²) in [5.74, 6) is -0.769. The van der Waals surface area contributed by atoms with Crippen LogP contribution in [0.1, 0.15) is 13.3 Å². The lowest BCUT2D eigenvalue weighted by Crippen LogP contribution is -2.30. The molecule has 0 aromatic carbocycles. The lowest BCUT2D eigenvalue weighted by molar-refractivity contribution is -0.137. The van der Waals surface area contributed by atoms with Crippen molar-refractivity contribution in [1.82, 2.24) is 4.98 Å². The molecule has 0 saturated carbocycles. The van der Waals surface area contributed by atoms with Crippen LogP contribution >= 0.6 is 0 Å². The van der Waals surface area contributed by atoms with Crippen LogP contribution in [-0.2, 0) is 4.79 Å². The Morgan fingerprint density at radius 2 is 2.46 bits per heavy atom. The Morgan fingerprint density at radius 3 is 2.92 bits per heavy atom. The number of aliphatic carboxylic acids is 1. The number of hydrogen-bond donors (Lipinski definition) is 2. The Bertz CT molecular complexity index is 269. The molecule has 0 aliphatic heterocycles. The largest absolute Gasteiger partial charge is 0.481 e. The van der Waals surface area contributed by atoms with E-state index in [2.05, 4.69) is 4.98 Å². The van der Waals surface area contributed by atoms with Crippen LogP contribution in [0.25, 0.3) is 0 Å². The average Bonchev–Trinajstić information content (AvgIpc) is 2.53. The molecule has 0 amide bonds. The molecule has 1 aromatic rings. The van der Waals surface area contributed by atoms with Crippen molar-refractivity contribution in [2.75, 3.05) is 11.9 Å². The third-order valence-electron chi connectivity index (χ3n) is 2.12. The lowest BCUT2D eigenvalue weighted by Gasteiger charge is -2.24. The summed E-state index contributed by atoms with van der Waals surface area (Å²) < 4.78 is 0. The van der Waals surface area contributed by atoms with Crippen molar-refractivity contribution in [3.8, 4) is 0 Å². The van der Waals surface area contributed by atoms with E-state index in [0.29, 0.717) is 0 Å². The van der Waals surface area contributed by atoms with E-state index in [1.807, 2.05) is 37.3 Å². The number of aromatic amines is 1. The fraction of sp³-hybridized carbons (Fsp3) is 0.444. The highest BCUT2D eigenvalue weighted by molar-refractivity contribution is 5.68. The Kier molecular flexibility index (Phi) is 2.95. The van der Waals surface area contributed by atoms with Gasteiger partial charge >= 0.3 is 5.97 Å². The maximum Gasteiger partial charge on any atom is 0.305 e. The SMILES string of the molecule is CC(CC(=O)O)N(C)c1cc[nH]c1.